The van der Waals surface area contributed by atoms with Crippen LogP contribution in [0.25, 0.3) is 22.6 Å². The normalized spacial score (nSPS) is 11.6. The van der Waals surface area contributed by atoms with E-state index >= 15 is 0 Å². The topological polar surface area (TPSA) is 56.7 Å². The van der Waals surface area contributed by atoms with Crippen molar-refractivity contribution in [3.8, 4) is 11.5 Å². The Labute approximate surface area is 113 Å². The van der Waals surface area contributed by atoms with E-state index in [-0.39, 0.29) is 11.9 Å². The van der Waals surface area contributed by atoms with Crippen LogP contribution in [0.4, 0.5) is 9.52 Å². The largest absolute Gasteiger partial charge is 0.375 e. The van der Waals surface area contributed by atoms with E-state index < -0.39 is 0 Å². The summed E-state index contributed by atoms with van der Waals surface area (Å²) in [6, 6.07) is 4.76. The molecule has 0 aliphatic carbocycles. The van der Waals surface area contributed by atoms with Crippen molar-refractivity contribution in [3.05, 3.63) is 29.4 Å². The molecule has 3 rings (SSSR count). The molecule has 0 bridgehead atoms. The van der Waals surface area contributed by atoms with Gasteiger partial charge in [-0.25, -0.2) is 14.4 Å². The van der Waals surface area contributed by atoms with Gasteiger partial charge in [0.1, 0.15) is 11.5 Å². The molecule has 0 radical (unpaired) electrons. The summed E-state index contributed by atoms with van der Waals surface area (Å²) in [6.07, 6.45) is 0. The van der Waals surface area contributed by atoms with E-state index in [1.54, 1.807) is 6.07 Å². The molecule has 0 unspecified atom stereocenters. The van der Waals surface area contributed by atoms with Gasteiger partial charge in [0.05, 0.1) is 11.0 Å². The van der Waals surface area contributed by atoms with E-state index in [0.717, 1.165) is 22.6 Å². The van der Waals surface area contributed by atoms with Crippen molar-refractivity contribution >= 4 is 27.5 Å². The van der Waals surface area contributed by atoms with Crippen molar-refractivity contribution in [2.24, 2.45) is 0 Å². The lowest BCUT2D eigenvalue weighted by atomic mass is 10.3. The molecule has 0 aliphatic rings. The van der Waals surface area contributed by atoms with Crippen LogP contribution >= 0.6 is 11.3 Å². The molecule has 19 heavy (non-hydrogen) atoms. The van der Waals surface area contributed by atoms with Gasteiger partial charge in [-0.05, 0) is 32.0 Å². The van der Waals surface area contributed by atoms with Crippen molar-refractivity contribution in [2.75, 3.05) is 5.73 Å². The second kappa shape index (κ2) is 4.31. The molecule has 0 saturated heterocycles. The second-order valence-electron chi connectivity index (χ2n) is 4.60. The number of imidazole rings is 1. The quantitative estimate of drug-likeness (QED) is 0.779. The van der Waals surface area contributed by atoms with Crippen LogP contribution < -0.4 is 5.73 Å². The molecule has 0 saturated carbocycles. The van der Waals surface area contributed by atoms with Crippen molar-refractivity contribution in [3.63, 3.8) is 0 Å². The molecular weight excluding hydrogens is 263 g/mol. The molecule has 1 aromatic carbocycles. The van der Waals surface area contributed by atoms with Gasteiger partial charge in [-0.1, -0.05) is 0 Å². The highest BCUT2D eigenvalue weighted by Gasteiger charge is 2.17. The number of hydrogen-bond donors (Lipinski definition) is 1. The minimum atomic E-state index is -0.265. The van der Waals surface area contributed by atoms with Gasteiger partial charge in [0, 0.05) is 11.4 Å². The Morgan fingerprint density at radius 2 is 2.11 bits per heavy atom. The van der Waals surface area contributed by atoms with E-state index in [9.17, 15) is 4.39 Å². The Morgan fingerprint density at radius 1 is 1.32 bits per heavy atom. The molecule has 3 aromatic rings. The zero-order valence-corrected chi connectivity index (χ0v) is 11.4. The number of nitrogens with two attached hydrogens (primary N) is 1. The van der Waals surface area contributed by atoms with Crippen LogP contribution in [0, 0.1) is 5.82 Å². The monoisotopic (exact) mass is 276 g/mol. The van der Waals surface area contributed by atoms with Gasteiger partial charge in [-0.3, -0.25) is 0 Å². The van der Waals surface area contributed by atoms with Crippen LogP contribution in [-0.4, -0.2) is 14.5 Å². The molecule has 2 aromatic heterocycles. The number of nitrogens with zero attached hydrogens (tertiary/aromatic N) is 3. The summed E-state index contributed by atoms with van der Waals surface area (Å²) >= 11 is 1.37. The zero-order valence-electron chi connectivity index (χ0n) is 10.6. The Balaban J connectivity index is 2.32. The lowest BCUT2D eigenvalue weighted by Crippen LogP contribution is -2.03. The number of hydrogen-bond acceptors (Lipinski definition) is 4. The van der Waals surface area contributed by atoms with Crippen molar-refractivity contribution in [1.82, 2.24) is 14.5 Å². The summed E-state index contributed by atoms with van der Waals surface area (Å²) in [4.78, 5) is 8.80. The average Bonchev–Trinajstić information content (AvgIpc) is 2.91. The maximum Gasteiger partial charge on any atom is 0.180 e. The van der Waals surface area contributed by atoms with Crippen molar-refractivity contribution in [2.45, 2.75) is 19.9 Å². The van der Waals surface area contributed by atoms with Gasteiger partial charge >= 0.3 is 0 Å². The molecule has 0 amide bonds. The molecule has 6 heteroatoms. The van der Waals surface area contributed by atoms with E-state index in [1.165, 1.54) is 23.5 Å². The van der Waals surface area contributed by atoms with Crippen LogP contribution in [-0.2, 0) is 0 Å². The summed E-state index contributed by atoms with van der Waals surface area (Å²) in [5.74, 6) is 0.460. The third kappa shape index (κ3) is 1.98. The third-order valence-corrected chi connectivity index (χ3v) is 3.59. The fourth-order valence-electron chi connectivity index (χ4n) is 2.16. The molecular formula is C13H13FN4S. The van der Waals surface area contributed by atoms with Crippen LogP contribution in [0.2, 0.25) is 0 Å². The number of thiazole rings is 1. The standard InChI is InChI=1S/C13H13FN4S/c1-7(2)18-11-5-8(14)3-4-9(11)16-12(18)10-6-19-13(15)17-10/h3-7H,1-2H3,(H2,15,17). The first-order valence-corrected chi connectivity index (χ1v) is 6.83. The number of anilines is 1. The average molecular weight is 276 g/mol. The highest BCUT2D eigenvalue weighted by atomic mass is 32.1. The van der Waals surface area contributed by atoms with Crippen LogP contribution in [0.15, 0.2) is 23.6 Å². The fourth-order valence-corrected chi connectivity index (χ4v) is 2.70. The lowest BCUT2D eigenvalue weighted by Gasteiger charge is -2.11. The first-order chi connectivity index (χ1) is 9.06. The Bertz CT molecular complexity index is 744. The molecule has 98 valence electrons. The Kier molecular flexibility index (Phi) is 2.74. The van der Waals surface area contributed by atoms with E-state index in [1.807, 2.05) is 23.8 Å². The molecule has 0 atom stereocenters. The van der Waals surface area contributed by atoms with Gasteiger partial charge in [0.25, 0.3) is 0 Å². The van der Waals surface area contributed by atoms with E-state index in [4.69, 9.17) is 5.73 Å². The summed E-state index contributed by atoms with van der Waals surface area (Å²) in [7, 11) is 0. The second-order valence-corrected chi connectivity index (χ2v) is 5.49. The third-order valence-electron chi connectivity index (χ3n) is 2.92. The van der Waals surface area contributed by atoms with E-state index in [0.29, 0.717) is 5.13 Å². The number of nitrogen functional groups attached to an aromatic ring is 1. The number of benzene rings is 1. The molecule has 4 nitrogen and oxygen atoms in total. The zero-order chi connectivity index (χ0) is 13.6. The predicted octanol–water partition coefficient (Wildman–Crippen LogP) is 3.46. The number of aromatic nitrogens is 3. The van der Waals surface area contributed by atoms with Crippen LogP contribution in [0.3, 0.4) is 0 Å². The van der Waals surface area contributed by atoms with Crippen molar-refractivity contribution in [1.29, 1.82) is 0 Å². The van der Waals surface area contributed by atoms with Gasteiger partial charge in [0.15, 0.2) is 11.0 Å². The van der Waals surface area contributed by atoms with Gasteiger partial charge < -0.3 is 10.3 Å². The highest BCUT2D eigenvalue weighted by Crippen LogP contribution is 2.29. The maximum absolute atomic E-state index is 13.4. The molecule has 0 aliphatic heterocycles. The summed E-state index contributed by atoms with van der Waals surface area (Å²) in [6.45, 7) is 4.07. The maximum atomic E-state index is 13.4. The summed E-state index contributed by atoms with van der Waals surface area (Å²) in [5.41, 5.74) is 7.94. The molecule has 2 heterocycles. The molecule has 0 fully saturated rings. The number of halogens is 1. The van der Waals surface area contributed by atoms with E-state index in [2.05, 4.69) is 9.97 Å². The lowest BCUT2D eigenvalue weighted by molar-refractivity contribution is 0.612. The van der Waals surface area contributed by atoms with Crippen LogP contribution in [0.1, 0.15) is 19.9 Å². The fraction of sp³-hybridized carbons (Fsp3) is 0.231. The SMILES string of the molecule is CC(C)n1c(-c2csc(N)n2)nc2ccc(F)cc21. The number of fused-ring (bicyclic) bond motifs is 1. The molecule has 0 spiro atoms. The smallest absolute Gasteiger partial charge is 0.180 e. The van der Waals surface area contributed by atoms with Gasteiger partial charge in [-0.2, -0.15) is 0 Å². The summed E-state index contributed by atoms with van der Waals surface area (Å²) < 4.78 is 15.4. The first kappa shape index (κ1) is 12.1. The van der Waals surface area contributed by atoms with Gasteiger partial charge in [0.2, 0.25) is 0 Å². The Hall–Kier alpha value is -1.95. The van der Waals surface area contributed by atoms with Crippen molar-refractivity contribution < 1.29 is 4.39 Å². The number of rotatable bonds is 2. The van der Waals surface area contributed by atoms with Gasteiger partial charge in [-0.15, -0.1) is 11.3 Å². The minimum Gasteiger partial charge on any atom is -0.375 e. The summed E-state index contributed by atoms with van der Waals surface area (Å²) in [5, 5.41) is 2.37. The highest BCUT2D eigenvalue weighted by molar-refractivity contribution is 7.13. The van der Waals surface area contributed by atoms with Crippen LogP contribution in [0.5, 0.6) is 0 Å². The predicted molar refractivity (Wildman–Crippen MR) is 75.6 cm³/mol. The minimum absolute atomic E-state index is 0.157. The first-order valence-electron chi connectivity index (χ1n) is 5.95. The molecule has 2 N–H and O–H groups in total. The Morgan fingerprint density at radius 3 is 2.74 bits per heavy atom.